The zero-order chi connectivity index (χ0) is 17.8. The molecule has 2 saturated heterocycles. The van der Waals surface area contributed by atoms with Gasteiger partial charge < -0.3 is 15.5 Å². The van der Waals surface area contributed by atoms with E-state index in [1.807, 2.05) is 16.7 Å². The van der Waals surface area contributed by atoms with E-state index in [-0.39, 0.29) is 11.8 Å². The summed E-state index contributed by atoms with van der Waals surface area (Å²) in [6, 6.07) is 0. The Labute approximate surface area is 160 Å². The predicted molar refractivity (Wildman–Crippen MR) is 103 cm³/mol. The molecule has 6 fully saturated rings. The van der Waals surface area contributed by atoms with Crippen molar-refractivity contribution in [3.05, 3.63) is 0 Å². The molecule has 2 N–H and O–H groups in total. The minimum absolute atomic E-state index is 0.124. The van der Waals surface area contributed by atoms with Crippen LogP contribution < -0.4 is 10.6 Å². The molecule has 0 aromatic carbocycles. The summed E-state index contributed by atoms with van der Waals surface area (Å²) in [5, 5.41) is 6.39. The van der Waals surface area contributed by atoms with Gasteiger partial charge in [-0.1, -0.05) is 0 Å². The van der Waals surface area contributed by atoms with Crippen molar-refractivity contribution in [2.45, 2.75) is 61.7 Å². The number of piperazine rings is 1. The zero-order valence-electron chi connectivity index (χ0n) is 15.6. The summed E-state index contributed by atoms with van der Waals surface area (Å²) < 4.78 is 0.409. The number of rotatable bonds is 3. The summed E-state index contributed by atoms with van der Waals surface area (Å²) in [6.45, 7) is 2.97. The molecule has 4 bridgehead atoms. The molecule has 6 rings (SSSR count). The summed E-state index contributed by atoms with van der Waals surface area (Å²) in [4.78, 5) is 27.1. The zero-order valence-corrected chi connectivity index (χ0v) is 16.4. The van der Waals surface area contributed by atoms with Gasteiger partial charge in [0.15, 0.2) is 0 Å². The van der Waals surface area contributed by atoms with E-state index in [4.69, 9.17) is 0 Å². The number of carbonyl (C=O) groups is 2. The third kappa shape index (κ3) is 2.97. The van der Waals surface area contributed by atoms with Crippen molar-refractivity contribution in [1.82, 2.24) is 15.5 Å². The summed E-state index contributed by atoms with van der Waals surface area (Å²) in [7, 11) is 0. The number of piperidine rings is 1. The minimum Gasteiger partial charge on any atom is -0.353 e. The lowest BCUT2D eigenvalue weighted by atomic mass is 9.56. The summed E-state index contributed by atoms with van der Waals surface area (Å²) in [6.07, 6.45) is 9.91. The van der Waals surface area contributed by atoms with Crippen LogP contribution in [0.1, 0.15) is 51.4 Å². The van der Waals surface area contributed by atoms with Gasteiger partial charge >= 0.3 is 0 Å². The Morgan fingerprint density at radius 3 is 2.23 bits per heavy atom. The standard InChI is InChI=1S/C20H31N3O2S/c24-17(23-5-1-20(2-6-23)18(25)21-3-4-22-20)13-26-19-10-14-7-15(11-19)9-16(8-14)12-19/h14-16,22H,1-13H2,(H,21,25). The van der Waals surface area contributed by atoms with Gasteiger partial charge in [-0.3, -0.25) is 9.59 Å². The fourth-order valence-electron chi connectivity index (χ4n) is 6.78. The molecule has 144 valence electrons. The first-order valence-corrected chi connectivity index (χ1v) is 11.5. The van der Waals surface area contributed by atoms with E-state index >= 15 is 0 Å². The van der Waals surface area contributed by atoms with E-state index in [2.05, 4.69) is 10.6 Å². The Morgan fingerprint density at radius 2 is 1.65 bits per heavy atom. The number of hydrogen-bond donors (Lipinski definition) is 2. The van der Waals surface area contributed by atoms with Crippen LogP contribution in [0.25, 0.3) is 0 Å². The van der Waals surface area contributed by atoms with Crippen LogP contribution in [0, 0.1) is 17.8 Å². The number of hydrogen-bond acceptors (Lipinski definition) is 4. The van der Waals surface area contributed by atoms with Crippen LogP contribution in [0.2, 0.25) is 0 Å². The van der Waals surface area contributed by atoms with Crippen LogP contribution in [0.15, 0.2) is 0 Å². The Hall–Kier alpha value is -0.750. The highest BCUT2D eigenvalue weighted by Crippen LogP contribution is 2.60. The molecule has 0 aromatic rings. The Kier molecular flexibility index (Phi) is 4.27. The van der Waals surface area contributed by atoms with Gasteiger partial charge in [0.05, 0.1) is 5.75 Å². The average molecular weight is 378 g/mol. The van der Waals surface area contributed by atoms with Gasteiger partial charge in [-0.15, -0.1) is 11.8 Å². The van der Waals surface area contributed by atoms with Gasteiger partial charge in [0.25, 0.3) is 0 Å². The molecule has 0 unspecified atom stereocenters. The number of thioether (sulfide) groups is 1. The van der Waals surface area contributed by atoms with E-state index < -0.39 is 5.54 Å². The smallest absolute Gasteiger partial charge is 0.240 e. The molecule has 5 nitrogen and oxygen atoms in total. The molecular weight excluding hydrogens is 346 g/mol. The maximum Gasteiger partial charge on any atom is 0.240 e. The number of nitrogens with zero attached hydrogens (tertiary/aromatic N) is 1. The largest absolute Gasteiger partial charge is 0.353 e. The van der Waals surface area contributed by atoms with Gasteiger partial charge in [0.2, 0.25) is 11.8 Å². The molecule has 0 radical (unpaired) electrons. The van der Waals surface area contributed by atoms with E-state index in [1.165, 1.54) is 38.5 Å². The van der Waals surface area contributed by atoms with Gasteiger partial charge in [-0.05, 0) is 69.1 Å². The third-order valence-corrected chi connectivity index (χ3v) is 9.27. The molecule has 4 saturated carbocycles. The van der Waals surface area contributed by atoms with Crippen molar-refractivity contribution in [3.63, 3.8) is 0 Å². The average Bonchev–Trinajstić information content (AvgIpc) is 2.62. The monoisotopic (exact) mass is 377 g/mol. The topological polar surface area (TPSA) is 61.4 Å². The highest BCUT2D eigenvalue weighted by molar-refractivity contribution is 8.01. The van der Waals surface area contributed by atoms with Crippen molar-refractivity contribution in [1.29, 1.82) is 0 Å². The second-order valence-electron chi connectivity index (χ2n) is 9.53. The van der Waals surface area contributed by atoms with Crippen LogP contribution in [-0.2, 0) is 9.59 Å². The van der Waals surface area contributed by atoms with Gasteiger partial charge in [0.1, 0.15) is 5.54 Å². The molecule has 0 aromatic heterocycles. The molecule has 0 atom stereocenters. The quantitative estimate of drug-likeness (QED) is 0.787. The summed E-state index contributed by atoms with van der Waals surface area (Å²) >= 11 is 1.98. The molecule has 6 heteroatoms. The molecule has 2 heterocycles. The van der Waals surface area contributed by atoms with Gasteiger partial charge in [-0.2, -0.15) is 0 Å². The van der Waals surface area contributed by atoms with Crippen molar-refractivity contribution in [2.24, 2.45) is 17.8 Å². The Bertz CT molecular complexity index is 565. The molecular formula is C20H31N3O2S. The second kappa shape index (κ2) is 6.40. The SMILES string of the molecule is O=C(CSC12CC3CC(CC(C3)C1)C2)N1CCC2(CC1)NCCNC2=O. The lowest BCUT2D eigenvalue weighted by Gasteiger charge is -2.56. The van der Waals surface area contributed by atoms with Gasteiger partial charge in [-0.25, -0.2) is 0 Å². The normalized spacial score (nSPS) is 40.7. The van der Waals surface area contributed by atoms with E-state index in [1.54, 1.807) is 0 Å². The second-order valence-corrected chi connectivity index (χ2v) is 11.0. The predicted octanol–water partition coefficient (Wildman–Crippen LogP) is 1.77. The third-order valence-electron chi connectivity index (χ3n) is 7.76. The number of carbonyl (C=O) groups excluding carboxylic acids is 2. The molecule has 26 heavy (non-hydrogen) atoms. The molecule has 2 aliphatic heterocycles. The van der Waals surface area contributed by atoms with Crippen LogP contribution >= 0.6 is 11.8 Å². The van der Waals surface area contributed by atoms with Crippen molar-refractivity contribution in [3.8, 4) is 0 Å². The molecule has 2 amide bonds. The lowest BCUT2D eigenvalue weighted by Crippen LogP contribution is -2.67. The fraction of sp³-hybridized carbons (Fsp3) is 0.900. The maximum atomic E-state index is 12.8. The van der Waals surface area contributed by atoms with Crippen molar-refractivity contribution in [2.75, 3.05) is 31.9 Å². The first-order valence-electron chi connectivity index (χ1n) is 10.5. The van der Waals surface area contributed by atoms with Crippen molar-refractivity contribution < 1.29 is 9.59 Å². The highest BCUT2D eigenvalue weighted by Gasteiger charge is 2.51. The maximum absolute atomic E-state index is 12.8. The Balaban J connectivity index is 1.15. The summed E-state index contributed by atoms with van der Waals surface area (Å²) in [5.74, 6) is 3.87. The number of amides is 2. The van der Waals surface area contributed by atoms with E-state index in [0.717, 1.165) is 37.1 Å². The fourth-order valence-corrected chi connectivity index (χ4v) is 8.46. The van der Waals surface area contributed by atoms with Crippen LogP contribution in [0.3, 0.4) is 0 Å². The summed E-state index contributed by atoms with van der Waals surface area (Å²) in [5.41, 5.74) is -0.428. The minimum atomic E-state index is -0.428. The van der Waals surface area contributed by atoms with Crippen molar-refractivity contribution >= 4 is 23.6 Å². The van der Waals surface area contributed by atoms with Gasteiger partial charge in [0, 0.05) is 30.9 Å². The van der Waals surface area contributed by atoms with Crippen LogP contribution in [0.5, 0.6) is 0 Å². The highest BCUT2D eigenvalue weighted by atomic mass is 32.2. The number of likely N-dealkylation sites (tertiary alicyclic amines) is 1. The lowest BCUT2D eigenvalue weighted by molar-refractivity contribution is -0.137. The first-order chi connectivity index (χ1) is 12.6. The van der Waals surface area contributed by atoms with Crippen LogP contribution in [-0.4, -0.2) is 58.9 Å². The first kappa shape index (κ1) is 17.4. The number of nitrogens with one attached hydrogen (secondary N) is 2. The van der Waals surface area contributed by atoms with E-state index in [9.17, 15) is 9.59 Å². The molecule has 6 aliphatic rings. The molecule has 1 spiro atoms. The van der Waals surface area contributed by atoms with E-state index in [0.29, 0.717) is 30.1 Å². The van der Waals surface area contributed by atoms with Crippen LogP contribution in [0.4, 0.5) is 0 Å². The molecule has 4 aliphatic carbocycles. The Morgan fingerprint density at radius 1 is 1.04 bits per heavy atom.